The highest BCUT2D eigenvalue weighted by Gasteiger charge is 2.18. The highest BCUT2D eigenvalue weighted by molar-refractivity contribution is 7.22. The Bertz CT molecular complexity index is 921. The van der Waals surface area contributed by atoms with Crippen LogP contribution in [0, 0.1) is 5.82 Å². The fourth-order valence-corrected chi connectivity index (χ4v) is 3.45. The molecule has 4 nitrogen and oxygen atoms in total. The number of amides is 1. The maximum absolute atomic E-state index is 13.4. The van der Waals surface area contributed by atoms with E-state index < -0.39 is 0 Å². The smallest absolute Gasteiger partial charge is 0.252 e. The monoisotopic (exact) mass is 369 g/mol. The lowest BCUT2D eigenvalue weighted by Crippen LogP contribution is -2.35. The fraction of sp³-hybridized carbons (Fsp3) is 0.200. The molecular weight excluding hydrogens is 349 g/mol. The molecule has 3 rings (SSSR count). The molecule has 0 radical (unpaired) electrons. The second-order valence-electron chi connectivity index (χ2n) is 6.15. The Kier molecular flexibility index (Phi) is 5.75. The van der Waals surface area contributed by atoms with Crippen molar-refractivity contribution in [2.75, 3.05) is 32.1 Å². The zero-order chi connectivity index (χ0) is 18.5. The highest BCUT2D eigenvalue weighted by Crippen LogP contribution is 2.29. The van der Waals surface area contributed by atoms with Crippen molar-refractivity contribution in [2.24, 2.45) is 0 Å². The van der Waals surface area contributed by atoms with Gasteiger partial charge in [-0.15, -0.1) is 0 Å². The third kappa shape index (κ3) is 4.53. The first-order chi connectivity index (χ1) is 12.5. The largest absolute Gasteiger partial charge is 0.308 e. The van der Waals surface area contributed by atoms with Gasteiger partial charge in [-0.05, 0) is 43.9 Å². The Morgan fingerprint density at radius 1 is 1.15 bits per heavy atom. The quantitative estimate of drug-likeness (QED) is 0.615. The van der Waals surface area contributed by atoms with Crippen molar-refractivity contribution >= 4 is 38.7 Å². The molecule has 3 aromatic rings. The molecule has 1 aromatic heterocycles. The molecule has 0 bridgehead atoms. The maximum atomic E-state index is 13.4. The summed E-state index contributed by atoms with van der Waals surface area (Å²) in [6.45, 7) is 1.21. The third-order valence-electron chi connectivity index (χ3n) is 3.82. The van der Waals surface area contributed by atoms with E-state index in [0.717, 1.165) is 10.3 Å². The molecule has 0 aliphatic heterocycles. The van der Waals surface area contributed by atoms with Crippen LogP contribution in [0.4, 0.5) is 9.52 Å². The average Bonchev–Trinajstić information content (AvgIpc) is 3.03. The summed E-state index contributed by atoms with van der Waals surface area (Å²) in [6.07, 6.45) is 3.34. The number of anilines is 1. The minimum absolute atomic E-state index is 0.143. The third-order valence-corrected chi connectivity index (χ3v) is 4.87. The summed E-state index contributed by atoms with van der Waals surface area (Å²) >= 11 is 1.32. The molecule has 1 amide bonds. The first-order valence-corrected chi connectivity index (χ1v) is 9.10. The molecule has 0 fully saturated rings. The molecular formula is C20H20FN3OS. The first kappa shape index (κ1) is 18.2. The van der Waals surface area contributed by atoms with E-state index in [-0.39, 0.29) is 11.7 Å². The Morgan fingerprint density at radius 2 is 1.92 bits per heavy atom. The Hall–Kier alpha value is -2.57. The number of hydrogen-bond acceptors (Lipinski definition) is 4. The van der Waals surface area contributed by atoms with Crippen LogP contribution in [0.3, 0.4) is 0 Å². The molecule has 0 N–H and O–H groups in total. The second-order valence-corrected chi connectivity index (χ2v) is 7.15. The number of halogens is 1. The van der Waals surface area contributed by atoms with Gasteiger partial charge in [0, 0.05) is 19.2 Å². The topological polar surface area (TPSA) is 36.4 Å². The van der Waals surface area contributed by atoms with Crippen LogP contribution in [0.5, 0.6) is 0 Å². The zero-order valence-electron chi connectivity index (χ0n) is 14.7. The summed E-state index contributed by atoms with van der Waals surface area (Å²) in [5.41, 5.74) is 1.65. The predicted octanol–water partition coefficient (Wildman–Crippen LogP) is 4.04. The van der Waals surface area contributed by atoms with Crippen LogP contribution in [0.25, 0.3) is 16.3 Å². The molecule has 134 valence electrons. The Labute approximate surface area is 156 Å². The summed E-state index contributed by atoms with van der Waals surface area (Å²) in [5.74, 6) is -0.446. The van der Waals surface area contributed by atoms with E-state index in [1.807, 2.05) is 49.3 Å². The molecule has 1 heterocycles. The van der Waals surface area contributed by atoms with E-state index in [0.29, 0.717) is 23.7 Å². The van der Waals surface area contributed by atoms with Crippen LogP contribution in [-0.4, -0.2) is 43.0 Å². The summed E-state index contributed by atoms with van der Waals surface area (Å²) in [5, 5.41) is 0.579. The minimum Gasteiger partial charge on any atom is -0.308 e. The minimum atomic E-state index is -0.303. The van der Waals surface area contributed by atoms with E-state index in [9.17, 15) is 9.18 Å². The number of likely N-dealkylation sites (N-methyl/N-ethyl adjacent to an activating group) is 1. The van der Waals surface area contributed by atoms with Crippen molar-refractivity contribution in [1.82, 2.24) is 9.88 Å². The van der Waals surface area contributed by atoms with E-state index in [4.69, 9.17) is 0 Å². The van der Waals surface area contributed by atoms with E-state index in [1.54, 1.807) is 23.1 Å². The SMILES string of the molecule is CN(C)CCN(C(=O)/C=C/c1ccccc1)c1nc2ccc(F)cc2s1. The molecule has 6 heteroatoms. The van der Waals surface area contributed by atoms with Crippen molar-refractivity contribution in [2.45, 2.75) is 0 Å². The first-order valence-electron chi connectivity index (χ1n) is 8.28. The van der Waals surface area contributed by atoms with Crippen molar-refractivity contribution < 1.29 is 9.18 Å². The lowest BCUT2D eigenvalue weighted by atomic mass is 10.2. The normalized spacial score (nSPS) is 11.5. The van der Waals surface area contributed by atoms with Gasteiger partial charge in [0.15, 0.2) is 5.13 Å². The van der Waals surface area contributed by atoms with Crippen molar-refractivity contribution in [1.29, 1.82) is 0 Å². The predicted molar refractivity (Wildman–Crippen MR) is 106 cm³/mol. The lowest BCUT2D eigenvalue weighted by Gasteiger charge is -2.20. The summed E-state index contributed by atoms with van der Waals surface area (Å²) < 4.78 is 14.2. The number of carbonyl (C=O) groups is 1. The molecule has 0 aliphatic carbocycles. The standard InChI is InChI=1S/C20H20FN3OS/c1-23(2)12-13-24(19(25)11-8-15-6-4-3-5-7-15)20-22-17-10-9-16(21)14-18(17)26-20/h3-11,14H,12-13H2,1-2H3/b11-8+. The number of fused-ring (bicyclic) bond motifs is 1. The van der Waals surface area contributed by atoms with Gasteiger partial charge in [-0.2, -0.15) is 0 Å². The number of rotatable bonds is 6. The second kappa shape index (κ2) is 8.21. The maximum Gasteiger partial charge on any atom is 0.252 e. The van der Waals surface area contributed by atoms with Crippen LogP contribution >= 0.6 is 11.3 Å². The van der Waals surface area contributed by atoms with Gasteiger partial charge in [0.2, 0.25) is 0 Å². The Morgan fingerprint density at radius 3 is 2.65 bits per heavy atom. The molecule has 0 saturated carbocycles. The number of benzene rings is 2. The van der Waals surface area contributed by atoms with Gasteiger partial charge < -0.3 is 4.90 Å². The van der Waals surface area contributed by atoms with Gasteiger partial charge in [0.25, 0.3) is 5.91 Å². The zero-order valence-corrected chi connectivity index (χ0v) is 15.5. The van der Waals surface area contributed by atoms with E-state index >= 15 is 0 Å². The lowest BCUT2D eigenvalue weighted by molar-refractivity contribution is -0.114. The van der Waals surface area contributed by atoms with Gasteiger partial charge in [-0.1, -0.05) is 41.7 Å². The highest BCUT2D eigenvalue weighted by atomic mass is 32.1. The van der Waals surface area contributed by atoms with Gasteiger partial charge in [-0.3, -0.25) is 9.69 Å². The van der Waals surface area contributed by atoms with Crippen LogP contribution < -0.4 is 4.90 Å². The number of carbonyl (C=O) groups excluding carboxylic acids is 1. The number of thiazole rings is 1. The molecule has 26 heavy (non-hydrogen) atoms. The van der Waals surface area contributed by atoms with Crippen molar-refractivity contribution in [3.05, 3.63) is 66.0 Å². The number of nitrogens with zero attached hydrogens (tertiary/aromatic N) is 3. The summed E-state index contributed by atoms with van der Waals surface area (Å²) in [6, 6.07) is 14.1. The molecule has 0 spiro atoms. The van der Waals surface area contributed by atoms with Crippen LogP contribution in [0.15, 0.2) is 54.6 Å². The van der Waals surface area contributed by atoms with Gasteiger partial charge in [-0.25, -0.2) is 9.37 Å². The molecule has 0 atom stereocenters. The number of hydrogen-bond donors (Lipinski definition) is 0. The number of aromatic nitrogens is 1. The van der Waals surface area contributed by atoms with E-state index in [1.165, 1.54) is 23.5 Å². The molecule has 0 unspecified atom stereocenters. The van der Waals surface area contributed by atoms with Crippen molar-refractivity contribution in [3.63, 3.8) is 0 Å². The fourth-order valence-electron chi connectivity index (χ4n) is 2.42. The van der Waals surface area contributed by atoms with E-state index in [2.05, 4.69) is 4.98 Å². The van der Waals surface area contributed by atoms with Crippen LogP contribution in [-0.2, 0) is 4.79 Å². The average molecular weight is 369 g/mol. The van der Waals surface area contributed by atoms with Crippen molar-refractivity contribution in [3.8, 4) is 0 Å². The van der Waals surface area contributed by atoms with Crippen LogP contribution in [0.2, 0.25) is 0 Å². The van der Waals surface area contributed by atoms with Crippen LogP contribution in [0.1, 0.15) is 5.56 Å². The Balaban J connectivity index is 1.87. The summed E-state index contributed by atoms with van der Waals surface area (Å²) in [4.78, 5) is 20.9. The van der Waals surface area contributed by atoms with Gasteiger partial charge >= 0.3 is 0 Å². The molecule has 0 saturated heterocycles. The molecule has 0 aliphatic rings. The van der Waals surface area contributed by atoms with Gasteiger partial charge in [0.05, 0.1) is 10.2 Å². The van der Waals surface area contributed by atoms with Gasteiger partial charge in [0.1, 0.15) is 5.82 Å². The molecule has 2 aromatic carbocycles. The summed E-state index contributed by atoms with van der Waals surface area (Å²) in [7, 11) is 3.91.